The van der Waals surface area contributed by atoms with Gasteiger partial charge >= 0.3 is 0 Å². The minimum atomic E-state index is -1.58. The summed E-state index contributed by atoms with van der Waals surface area (Å²) in [4.78, 5) is 10.9. The molecule has 0 aromatic carbocycles. The largest absolute Gasteiger partial charge is 0.413 e. The fourth-order valence-corrected chi connectivity index (χ4v) is 5.28. The van der Waals surface area contributed by atoms with Gasteiger partial charge in [-0.05, 0) is 24.1 Å². The lowest BCUT2D eigenvalue weighted by atomic mass is 9.96. The van der Waals surface area contributed by atoms with E-state index in [0.717, 1.165) is 24.4 Å². The van der Waals surface area contributed by atoms with Crippen molar-refractivity contribution >= 4 is 14.6 Å². The SMILES string of the molecule is CC[Si](CC)(CC)O[C@H](C(C)C)[C@@H](C)C=O. The summed E-state index contributed by atoms with van der Waals surface area (Å²) in [5.74, 6) is 0.424. The van der Waals surface area contributed by atoms with Crippen LogP contribution in [0.15, 0.2) is 0 Å². The molecule has 0 unspecified atom stereocenters. The average Bonchev–Trinajstić information content (AvgIpc) is 2.30. The summed E-state index contributed by atoms with van der Waals surface area (Å²) in [6.45, 7) is 12.9. The van der Waals surface area contributed by atoms with Gasteiger partial charge in [0, 0.05) is 5.92 Å². The third kappa shape index (κ3) is 4.02. The van der Waals surface area contributed by atoms with Crippen LogP contribution in [0.2, 0.25) is 18.1 Å². The Balaban J connectivity index is 4.77. The maximum Gasteiger partial charge on any atom is 0.192 e. The number of hydrogen-bond donors (Lipinski definition) is 0. The molecule has 0 aliphatic heterocycles. The van der Waals surface area contributed by atoms with E-state index in [4.69, 9.17) is 4.43 Å². The first-order valence-corrected chi connectivity index (χ1v) is 9.12. The van der Waals surface area contributed by atoms with Gasteiger partial charge in [0.25, 0.3) is 0 Å². The van der Waals surface area contributed by atoms with Crippen LogP contribution in [-0.4, -0.2) is 20.7 Å². The molecule has 96 valence electrons. The zero-order valence-corrected chi connectivity index (χ0v) is 12.7. The number of rotatable bonds is 8. The van der Waals surface area contributed by atoms with Crippen molar-refractivity contribution in [3.05, 3.63) is 0 Å². The molecule has 0 aliphatic carbocycles. The maximum atomic E-state index is 10.9. The van der Waals surface area contributed by atoms with Crippen LogP contribution in [0, 0.1) is 11.8 Å². The molecule has 16 heavy (non-hydrogen) atoms. The molecule has 0 radical (unpaired) electrons. The second kappa shape index (κ2) is 7.23. The minimum Gasteiger partial charge on any atom is -0.413 e. The van der Waals surface area contributed by atoms with E-state index in [1.807, 2.05) is 6.92 Å². The van der Waals surface area contributed by atoms with Gasteiger partial charge in [0.1, 0.15) is 6.29 Å². The number of carbonyl (C=O) groups excluding carboxylic acids is 1. The molecular formula is C13H28O2Si. The van der Waals surface area contributed by atoms with Crippen LogP contribution >= 0.6 is 0 Å². The Bertz CT molecular complexity index is 192. The van der Waals surface area contributed by atoms with Crippen LogP contribution in [0.25, 0.3) is 0 Å². The highest BCUT2D eigenvalue weighted by Gasteiger charge is 2.34. The zero-order valence-electron chi connectivity index (χ0n) is 11.7. The Labute approximate surface area is 102 Å². The Hall–Kier alpha value is -0.153. The third-order valence-corrected chi connectivity index (χ3v) is 8.35. The molecule has 0 amide bonds. The third-order valence-electron chi connectivity index (χ3n) is 3.71. The molecule has 0 N–H and O–H groups in total. The van der Waals surface area contributed by atoms with E-state index in [2.05, 4.69) is 34.6 Å². The molecule has 2 atom stereocenters. The van der Waals surface area contributed by atoms with Gasteiger partial charge in [-0.2, -0.15) is 0 Å². The highest BCUT2D eigenvalue weighted by molar-refractivity contribution is 6.73. The predicted octanol–water partition coefficient (Wildman–Crippen LogP) is 3.87. The topological polar surface area (TPSA) is 26.3 Å². The molecule has 0 bridgehead atoms. The lowest BCUT2D eigenvalue weighted by Gasteiger charge is -2.36. The highest BCUT2D eigenvalue weighted by atomic mass is 28.4. The molecule has 0 spiro atoms. The molecule has 0 heterocycles. The molecule has 0 aromatic heterocycles. The highest BCUT2D eigenvalue weighted by Crippen LogP contribution is 2.28. The quantitative estimate of drug-likeness (QED) is 0.478. The molecule has 0 fully saturated rings. The molecule has 0 aliphatic rings. The normalized spacial score (nSPS) is 16.2. The molecule has 2 nitrogen and oxygen atoms in total. The number of hydrogen-bond acceptors (Lipinski definition) is 2. The van der Waals surface area contributed by atoms with E-state index in [1.54, 1.807) is 0 Å². The molecule has 3 heteroatoms. The second-order valence-corrected chi connectivity index (χ2v) is 9.79. The minimum absolute atomic E-state index is 0.0107. The molecule has 0 rings (SSSR count). The lowest BCUT2D eigenvalue weighted by Crippen LogP contribution is -2.44. The van der Waals surface area contributed by atoms with Gasteiger partial charge in [-0.3, -0.25) is 0 Å². The zero-order chi connectivity index (χ0) is 12.8. The van der Waals surface area contributed by atoms with E-state index in [9.17, 15) is 4.79 Å². The van der Waals surface area contributed by atoms with Crippen molar-refractivity contribution in [1.29, 1.82) is 0 Å². The Morgan fingerprint density at radius 3 is 1.75 bits per heavy atom. The number of aldehydes is 1. The summed E-state index contributed by atoms with van der Waals surface area (Å²) in [5.41, 5.74) is 0. The molecular weight excluding hydrogens is 216 g/mol. The predicted molar refractivity (Wildman–Crippen MR) is 72.1 cm³/mol. The first-order chi connectivity index (χ1) is 7.46. The molecule has 0 saturated carbocycles. The van der Waals surface area contributed by atoms with Gasteiger partial charge in [0.05, 0.1) is 6.10 Å². The fraction of sp³-hybridized carbons (Fsp3) is 0.923. The van der Waals surface area contributed by atoms with Crippen LogP contribution in [0.1, 0.15) is 41.5 Å². The molecule has 0 aromatic rings. The van der Waals surface area contributed by atoms with Crippen LogP contribution in [0.5, 0.6) is 0 Å². The van der Waals surface area contributed by atoms with E-state index >= 15 is 0 Å². The smallest absolute Gasteiger partial charge is 0.192 e. The first kappa shape index (κ1) is 15.8. The Morgan fingerprint density at radius 1 is 1.06 bits per heavy atom. The van der Waals surface area contributed by atoms with E-state index in [1.165, 1.54) is 0 Å². The Kier molecular flexibility index (Phi) is 7.16. The van der Waals surface area contributed by atoms with E-state index < -0.39 is 8.32 Å². The number of carbonyl (C=O) groups is 1. The van der Waals surface area contributed by atoms with E-state index in [-0.39, 0.29) is 12.0 Å². The van der Waals surface area contributed by atoms with Gasteiger partial charge in [-0.1, -0.05) is 41.5 Å². The van der Waals surface area contributed by atoms with Gasteiger partial charge in [-0.25, -0.2) is 0 Å². The van der Waals surface area contributed by atoms with E-state index in [0.29, 0.717) is 5.92 Å². The van der Waals surface area contributed by atoms with Crippen LogP contribution < -0.4 is 0 Å². The average molecular weight is 244 g/mol. The summed E-state index contributed by atoms with van der Waals surface area (Å²) in [5, 5.41) is 0. The summed E-state index contributed by atoms with van der Waals surface area (Å²) in [6.07, 6.45) is 1.13. The second-order valence-electron chi connectivity index (χ2n) is 5.07. The summed E-state index contributed by atoms with van der Waals surface area (Å²) >= 11 is 0. The standard InChI is InChI=1S/C13H28O2Si/c1-7-16(8-2,9-3)15-13(11(4)5)12(6)10-14/h10-13H,7-9H2,1-6H3/t12-,13+/m0/s1. The van der Waals surface area contributed by atoms with Crippen molar-refractivity contribution < 1.29 is 9.22 Å². The van der Waals surface area contributed by atoms with Crippen molar-refractivity contribution in [2.24, 2.45) is 11.8 Å². The fourth-order valence-electron chi connectivity index (χ4n) is 2.22. The first-order valence-electron chi connectivity index (χ1n) is 6.59. The van der Waals surface area contributed by atoms with Crippen molar-refractivity contribution in [1.82, 2.24) is 0 Å². The Morgan fingerprint density at radius 2 is 1.50 bits per heavy atom. The van der Waals surface area contributed by atoms with Crippen molar-refractivity contribution in [2.45, 2.75) is 65.8 Å². The monoisotopic (exact) mass is 244 g/mol. The summed E-state index contributed by atoms with van der Waals surface area (Å²) < 4.78 is 6.41. The van der Waals surface area contributed by atoms with Gasteiger partial charge in [0.2, 0.25) is 0 Å². The lowest BCUT2D eigenvalue weighted by molar-refractivity contribution is -0.114. The van der Waals surface area contributed by atoms with Crippen LogP contribution in [0.4, 0.5) is 0 Å². The van der Waals surface area contributed by atoms with Crippen molar-refractivity contribution in [2.75, 3.05) is 0 Å². The summed E-state index contributed by atoms with van der Waals surface area (Å²) in [6, 6.07) is 3.44. The summed E-state index contributed by atoms with van der Waals surface area (Å²) in [7, 11) is -1.58. The van der Waals surface area contributed by atoms with Crippen molar-refractivity contribution in [3.63, 3.8) is 0 Å². The van der Waals surface area contributed by atoms with Crippen LogP contribution in [-0.2, 0) is 9.22 Å². The van der Waals surface area contributed by atoms with Crippen LogP contribution in [0.3, 0.4) is 0 Å². The molecule has 0 saturated heterocycles. The van der Waals surface area contributed by atoms with Gasteiger partial charge < -0.3 is 9.22 Å². The van der Waals surface area contributed by atoms with Crippen molar-refractivity contribution in [3.8, 4) is 0 Å². The maximum absolute atomic E-state index is 10.9. The van der Waals surface area contributed by atoms with Gasteiger partial charge in [-0.15, -0.1) is 0 Å². The van der Waals surface area contributed by atoms with Gasteiger partial charge in [0.15, 0.2) is 8.32 Å².